The van der Waals surface area contributed by atoms with Gasteiger partial charge in [-0.3, -0.25) is 4.79 Å². The van der Waals surface area contributed by atoms with Crippen molar-refractivity contribution in [3.8, 4) is 0 Å². The highest BCUT2D eigenvalue weighted by Gasteiger charge is 2.27. The van der Waals surface area contributed by atoms with Crippen molar-refractivity contribution in [1.82, 2.24) is 4.31 Å². The smallest absolute Gasteiger partial charge is 0.243 e. The van der Waals surface area contributed by atoms with Crippen molar-refractivity contribution < 1.29 is 17.6 Å². The van der Waals surface area contributed by atoms with Crippen LogP contribution in [-0.2, 0) is 27.8 Å². The average molecular weight is 469 g/mol. The molecule has 0 unspecified atom stereocenters. The maximum atomic E-state index is 14.3. The van der Waals surface area contributed by atoms with Crippen LogP contribution in [0.2, 0.25) is 0 Å². The second kappa shape index (κ2) is 11.2. The summed E-state index contributed by atoms with van der Waals surface area (Å²) in [6, 6.07) is 19.8. The monoisotopic (exact) mass is 468 g/mol. The summed E-state index contributed by atoms with van der Waals surface area (Å²) in [6.07, 6.45) is 3.16. The maximum absolute atomic E-state index is 14.3. The number of anilines is 1. The van der Waals surface area contributed by atoms with E-state index < -0.39 is 28.3 Å². The molecule has 3 aromatic carbocycles. The minimum Gasteiger partial charge on any atom is -0.325 e. The van der Waals surface area contributed by atoms with E-state index in [1.165, 1.54) is 35.9 Å². The van der Waals surface area contributed by atoms with Gasteiger partial charge in [-0.1, -0.05) is 61.4 Å². The lowest BCUT2D eigenvalue weighted by molar-refractivity contribution is -0.116. The number of nitrogens with zero attached hydrogens (tertiary/aromatic N) is 1. The van der Waals surface area contributed by atoms with Crippen molar-refractivity contribution in [2.75, 3.05) is 11.9 Å². The van der Waals surface area contributed by atoms with E-state index in [0.717, 1.165) is 29.1 Å². The molecule has 33 heavy (non-hydrogen) atoms. The standard InChI is InChI=1S/C26H29FN2O3S/c1-3-4-7-21-12-14-23(15-13-21)28-26(30)19-29(18-22-8-5-6-9-25(22)27)33(31,32)24-16-10-20(2)11-17-24/h5-6,8-17H,3-4,7,18-19H2,1-2H3,(H,28,30). The lowest BCUT2D eigenvalue weighted by atomic mass is 10.1. The van der Waals surface area contributed by atoms with Crippen LogP contribution in [0, 0.1) is 12.7 Å². The molecule has 0 aromatic heterocycles. The van der Waals surface area contributed by atoms with Gasteiger partial charge < -0.3 is 5.32 Å². The quantitative estimate of drug-likeness (QED) is 0.439. The van der Waals surface area contributed by atoms with Gasteiger partial charge in [-0.25, -0.2) is 12.8 Å². The Hall–Kier alpha value is -3.03. The molecule has 0 spiro atoms. The largest absolute Gasteiger partial charge is 0.325 e. The number of hydrogen-bond donors (Lipinski definition) is 1. The van der Waals surface area contributed by atoms with E-state index in [1.54, 1.807) is 30.3 Å². The number of carbonyl (C=O) groups excluding carboxylic acids is 1. The Morgan fingerprint density at radius 1 is 0.970 bits per heavy atom. The van der Waals surface area contributed by atoms with Gasteiger partial charge in [0.25, 0.3) is 0 Å². The zero-order valence-electron chi connectivity index (χ0n) is 18.9. The predicted octanol–water partition coefficient (Wildman–Crippen LogP) is 5.31. The summed E-state index contributed by atoms with van der Waals surface area (Å²) < 4.78 is 41.9. The van der Waals surface area contributed by atoms with E-state index in [1.807, 2.05) is 19.1 Å². The van der Waals surface area contributed by atoms with Crippen LogP contribution in [0.15, 0.2) is 77.7 Å². The van der Waals surface area contributed by atoms with Crippen molar-refractivity contribution >= 4 is 21.6 Å². The molecule has 0 radical (unpaired) electrons. The van der Waals surface area contributed by atoms with E-state index in [9.17, 15) is 17.6 Å². The molecular formula is C26H29FN2O3S. The number of nitrogens with one attached hydrogen (secondary N) is 1. The summed E-state index contributed by atoms with van der Waals surface area (Å²) in [4.78, 5) is 12.8. The number of benzene rings is 3. The molecule has 1 N–H and O–H groups in total. The molecule has 7 heteroatoms. The molecule has 0 bridgehead atoms. The third-order valence-electron chi connectivity index (χ3n) is 5.34. The van der Waals surface area contributed by atoms with Crippen LogP contribution in [0.1, 0.15) is 36.5 Å². The number of amides is 1. The number of rotatable bonds is 10. The van der Waals surface area contributed by atoms with Gasteiger partial charge in [0, 0.05) is 17.8 Å². The molecule has 0 fully saturated rings. The molecular weight excluding hydrogens is 439 g/mol. The Bertz CT molecular complexity index is 1180. The Morgan fingerprint density at radius 3 is 2.27 bits per heavy atom. The number of unbranched alkanes of at least 4 members (excludes halogenated alkanes) is 1. The molecule has 3 rings (SSSR count). The predicted molar refractivity (Wildman–Crippen MR) is 129 cm³/mol. The van der Waals surface area contributed by atoms with Crippen LogP contribution < -0.4 is 5.32 Å². The van der Waals surface area contributed by atoms with Crippen LogP contribution in [0.25, 0.3) is 0 Å². The third-order valence-corrected chi connectivity index (χ3v) is 7.15. The zero-order chi connectivity index (χ0) is 23.8. The van der Waals surface area contributed by atoms with E-state index in [-0.39, 0.29) is 17.0 Å². The van der Waals surface area contributed by atoms with E-state index in [0.29, 0.717) is 5.69 Å². The van der Waals surface area contributed by atoms with Crippen molar-refractivity contribution in [1.29, 1.82) is 0 Å². The minimum atomic E-state index is -4.03. The number of aryl methyl sites for hydroxylation is 2. The summed E-state index contributed by atoms with van der Waals surface area (Å²) in [5.41, 5.74) is 2.87. The first-order valence-corrected chi connectivity index (χ1v) is 12.4. The normalized spacial score (nSPS) is 11.5. The van der Waals surface area contributed by atoms with E-state index in [2.05, 4.69) is 12.2 Å². The highest BCUT2D eigenvalue weighted by molar-refractivity contribution is 7.89. The summed E-state index contributed by atoms with van der Waals surface area (Å²) in [6.45, 7) is 3.29. The van der Waals surface area contributed by atoms with Crippen molar-refractivity contribution in [2.24, 2.45) is 0 Å². The van der Waals surface area contributed by atoms with Gasteiger partial charge in [-0.05, 0) is 55.7 Å². The molecule has 0 atom stereocenters. The van der Waals surface area contributed by atoms with Gasteiger partial charge >= 0.3 is 0 Å². The molecule has 0 aliphatic heterocycles. The second-order valence-electron chi connectivity index (χ2n) is 8.03. The molecule has 0 aliphatic carbocycles. The first-order chi connectivity index (χ1) is 15.8. The van der Waals surface area contributed by atoms with Crippen LogP contribution in [0.5, 0.6) is 0 Å². The average Bonchev–Trinajstić information content (AvgIpc) is 2.80. The fraction of sp³-hybridized carbons (Fsp3) is 0.269. The van der Waals surface area contributed by atoms with Crippen molar-refractivity contribution in [3.05, 3.63) is 95.3 Å². The fourth-order valence-corrected chi connectivity index (χ4v) is 4.77. The molecule has 1 amide bonds. The molecule has 3 aromatic rings. The highest BCUT2D eigenvalue weighted by Crippen LogP contribution is 2.21. The van der Waals surface area contributed by atoms with E-state index in [4.69, 9.17) is 0 Å². The number of hydrogen-bond acceptors (Lipinski definition) is 3. The van der Waals surface area contributed by atoms with Crippen LogP contribution in [0.3, 0.4) is 0 Å². The first kappa shape index (κ1) is 24.6. The van der Waals surface area contributed by atoms with Crippen LogP contribution >= 0.6 is 0 Å². The van der Waals surface area contributed by atoms with Gasteiger partial charge in [0.05, 0.1) is 11.4 Å². The fourth-order valence-electron chi connectivity index (χ4n) is 3.40. The lowest BCUT2D eigenvalue weighted by Crippen LogP contribution is -2.37. The molecule has 174 valence electrons. The van der Waals surface area contributed by atoms with Gasteiger partial charge in [-0.15, -0.1) is 0 Å². The Kier molecular flexibility index (Phi) is 8.36. The van der Waals surface area contributed by atoms with Gasteiger partial charge in [0.2, 0.25) is 15.9 Å². The second-order valence-corrected chi connectivity index (χ2v) is 9.96. The summed E-state index contributed by atoms with van der Waals surface area (Å²) in [7, 11) is -4.03. The molecule has 5 nitrogen and oxygen atoms in total. The van der Waals surface area contributed by atoms with Crippen molar-refractivity contribution in [3.63, 3.8) is 0 Å². The summed E-state index contributed by atoms with van der Waals surface area (Å²) >= 11 is 0. The van der Waals surface area contributed by atoms with Crippen LogP contribution in [-0.4, -0.2) is 25.2 Å². The lowest BCUT2D eigenvalue weighted by Gasteiger charge is -2.22. The Morgan fingerprint density at radius 2 is 1.64 bits per heavy atom. The molecule has 0 heterocycles. The van der Waals surface area contributed by atoms with Gasteiger partial charge in [0.1, 0.15) is 5.82 Å². The first-order valence-electron chi connectivity index (χ1n) is 11.0. The number of sulfonamides is 1. The topological polar surface area (TPSA) is 66.5 Å². The van der Waals surface area contributed by atoms with Crippen LogP contribution in [0.4, 0.5) is 10.1 Å². The third kappa shape index (κ3) is 6.73. The summed E-state index contributed by atoms with van der Waals surface area (Å²) in [5.74, 6) is -1.02. The Labute approximate surface area is 195 Å². The Balaban J connectivity index is 1.80. The molecule has 0 saturated heterocycles. The van der Waals surface area contributed by atoms with E-state index >= 15 is 0 Å². The number of halogens is 1. The molecule has 0 aliphatic rings. The van der Waals surface area contributed by atoms with Gasteiger partial charge in [-0.2, -0.15) is 4.31 Å². The zero-order valence-corrected chi connectivity index (χ0v) is 19.7. The molecule has 0 saturated carbocycles. The highest BCUT2D eigenvalue weighted by atomic mass is 32.2. The van der Waals surface area contributed by atoms with Crippen molar-refractivity contribution in [2.45, 2.75) is 44.6 Å². The summed E-state index contributed by atoms with van der Waals surface area (Å²) in [5, 5.41) is 2.75. The SMILES string of the molecule is CCCCc1ccc(NC(=O)CN(Cc2ccccc2F)S(=O)(=O)c2ccc(C)cc2)cc1. The maximum Gasteiger partial charge on any atom is 0.243 e. The van der Waals surface area contributed by atoms with Gasteiger partial charge in [0.15, 0.2) is 0 Å². The number of carbonyl (C=O) groups is 1. The minimum absolute atomic E-state index is 0.0533.